The lowest BCUT2D eigenvalue weighted by molar-refractivity contribution is -0.385. The summed E-state index contributed by atoms with van der Waals surface area (Å²) < 4.78 is 0. The second-order valence-corrected chi connectivity index (χ2v) is 5.47. The Morgan fingerprint density at radius 2 is 1.89 bits per heavy atom. The lowest BCUT2D eigenvalue weighted by Crippen LogP contribution is -2.27. The van der Waals surface area contributed by atoms with Crippen LogP contribution in [0.4, 0.5) is 11.4 Å². The topological polar surface area (TPSA) is 63.5 Å². The average molecular weight is 394 g/mol. The first-order valence-electron chi connectivity index (χ1n) is 5.67. The molecule has 0 fully saturated rings. The molecule has 0 spiro atoms. The van der Waals surface area contributed by atoms with Crippen molar-refractivity contribution < 1.29 is 9.72 Å². The van der Waals surface area contributed by atoms with Crippen molar-refractivity contribution in [3.05, 3.63) is 33.9 Å². The number of hydrogen-bond acceptors (Lipinski definition) is 4. The van der Waals surface area contributed by atoms with Gasteiger partial charge in [-0.1, -0.05) is 31.9 Å². The number of carbonyl (C=O) groups excluding carboxylic acids is 1. The van der Waals surface area contributed by atoms with Crippen LogP contribution in [0, 0.1) is 10.1 Å². The largest absolute Gasteiger partial charge is 0.370 e. The minimum atomic E-state index is -0.528. The molecule has 0 N–H and O–H groups in total. The van der Waals surface area contributed by atoms with Crippen molar-refractivity contribution in [1.82, 2.24) is 0 Å². The first-order valence-corrected chi connectivity index (χ1v) is 7.91. The summed E-state index contributed by atoms with van der Waals surface area (Å²) in [5, 5.41) is 12.5. The Hall–Kier alpha value is -0.950. The van der Waals surface area contributed by atoms with Gasteiger partial charge in [0, 0.05) is 35.5 Å². The molecule has 0 aromatic heterocycles. The van der Waals surface area contributed by atoms with Crippen molar-refractivity contribution in [1.29, 1.82) is 0 Å². The number of carbonyl (C=O) groups is 1. The molecule has 19 heavy (non-hydrogen) atoms. The van der Waals surface area contributed by atoms with Gasteiger partial charge in [-0.05, 0) is 19.1 Å². The van der Waals surface area contributed by atoms with Crippen LogP contribution >= 0.6 is 31.9 Å². The number of anilines is 1. The van der Waals surface area contributed by atoms with Gasteiger partial charge >= 0.3 is 0 Å². The zero-order valence-corrected chi connectivity index (χ0v) is 13.6. The molecule has 0 saturated heterocycles. The molecule has 0 atom stereocenters. The van der Waals surface area contributed by atoms with E-state index in [0.717, 1.165) is 29.4 Å². The number of nitro benzene ring substituents is 1. The molecule has 7 heteroatoms. The van der Waals surface area contributed by atoms with Crippen molar-refractivity contribution in [3.63, 3.8) is 0 Å². The van der Waals surface area contributed by atoms with Gasteiger partial charge in [-0.15, -0.1) is 0 Å². The SMILES string of the molecule is CC(=O)c1cc(N(CCBr)CCBr)ccc1[N+](=O)[O-]. The van der Waals surface area contributed by atoms with Gasteiger partial charge in [0.05, 0.1) is 10.5 Å². The van der Waals surface area contributed by atoms with E-state index >= 15 is 0 Å². The standard InChI is InChI=1S/C12H14Br2N2O3/c1-9(17)11-8-10(2-3-12(11)16(18)19)15(6-4-13)7-5-14/h2-3,8H,4-7H2,1H3. The Kier molecular flexibility index (Phi) is 6.44. The summed E-state index contributed by atoms with van der Waals surface area (Å²) in [6.45, 7) is 2.87. The molecule has 0 amide bonds. The summed E-state index contributed by atoms with van der Waals surface area (Å²) in [7, 11) is 0. The second kappa shape index (κ2) is 7.59. The second-order valence-electron chi connectivity index (χ2n) is 3.88. The maximum Gasteiger partial charge on any atom is 0.280 e. The molecular weight excluding hydrogens is 380 g/mol. The average Bonchev–Trinajstić information content (AvgIpc) is 2.37. The third-order valence-electron chi connectivity index (χ3n) is 2.63. The van der Waals surface area contributed by atoms with Gasteiger partial charge in [0.2, 0.25) is 0 Å². The van der Waals surface area contributed by atoms with E-state index in [1.165, 1.54) is 13.0 Å². The summed E-state index contributed by atoms with van der Waals surface area (Å²) in [5.74, 6) is -0.300. The number of rotatable bonds is 7. The number of nitrogens with zero attached hydrogens (tertiary/aromatic N) is 2. The highest BCUT2D eigenvalue weighted by atomic mass is 79.9. The van der Waals surface area contributed by atoms with Crippen molar-refractivity contribution in [2.24, 2.45) is 0 Å². The third kappa shape index (κ3) is 4.28. The van der Waals surface area contributed by atoms with E-state index in [2.05, 4.69) is 36.8 Å². The molecule has 0 aliphatic carbocycles. The Morgan fingerprint density at radius 1 is 1.32 bits per heavy atom. The molecule has 0 aliphatic rings. The zero-order chi connectivity index (χ0) is 14.4. The lowest BCUT2D eigenvalue weighted by atomic mass is 10.1. The fraction of sp³-hybridized carbons (Fsp3) is 0.417. The molecule has 1 rings (SSSR count). The van der Waals surface area contributed by atoms with Crippen LogP contribution in [0.1, 0.15) is 17.3 Å². The zero-order valence-electron chi connectivity index (χ0n) is 10.4. The lowest BCUT2D eigenvalue weighted by Gasteiger charge is -2.23. The molecule has 0 saturated carbocycles. The monoisotopic (exact) mass is 392 g/mol. The van der Waals surface area contributed by atoms with Gasteiger partial charge in [0.1, 0.15) is 0 Å². The molecule has 0 heterocycles. The van der Waals surface area contributed by atoms with Gasteiger partial charge in [-0.2, -0.15) is 0 Å². The molecule has 1 aromatic rings. The fourth-order valence-electron chi connectivity index (χ4n) is 1.74. The van der Waals surface area contributed by atoms with Crippen LogP contribution < -0.4 is 4.90 Å². The van der Waals surface area contributed by atoms with Crippen LogP contribution in [0.5, 0.6) is 0 Å². The van der Waals surface area contributed by atoms with Crippen LogP contribution in [0.3, 0.4) is 0 Å². The van der Waals surface area contributed by atoms with Gasteiger partial charge < -0.3 is 4.90 Å². The maximum absolute atomic E-state index is 11.5. The van der Waals surface area contributed by atoms with Crippen LogP contribution in [0.2, 0.25) is 0 Å². The summed E-state index contributed by atoms with van der Waals surface area (Å²) in [4.78, 5) is 23.9. The number of hydrogen-bond donors (Lipinski definition) is 0. The Labute approximate surface area is 128 Å². The molecule has 0 unspecified atom stereocenters. The van der Waals surface area contributed by atoms with E-state index in [1.807, 2.05) is 0 Å². The first-order chi connectivity index (χ1) is 9.01. The maximum atomic E-state index is 11.5. The first kappa shape index (κ1) is 16.1. The summed E-state index contributed by atoms with van der Waals surface area (Å²) in [5.41, 5.74) is 0.820. The van der Waals surface area contributed by atoms with E-state index < -0.39 is 4.92 Å². The number of nitro groups is 1. The predicted octanol–water partition coefficient (Wildman–Crippen LogP) is 3.39. The molecule has 0 aliphatic heterocycles. The van der Waals surface area contributed by atoms with Gasteiger partial charge in [0.25, 0.3) is 5.69 Å². The summed E-state index contributed by atoms with van der Waals surface area (Å²) in [6, 6.07) is 4.66. The minimum Gasteiger partial charge on any atom is -0.370 e. The van der Waals surface area contributed by atoms with Gasteiger partial charge in [0.15, 0.2) is 5.78 Å². The Morgan fingerprint density at radius 3 is 2.32 bits per heavy atom. The smallest absolute Gasteiger partial charge is 0.280 e. The van der Waals surface area contributed by atoms with Crippen LogP contribution in [-0.4, -0.2) is 34.5 Å². The molecule has 0 radical (unpaired) electrons. The highest BCUT2D eigenvalue weighted by molar-refractivity contribution is 9.09. The molecule has 104 valence electrons. The van der Waals surface area contributed by atoms with Crippen LogP contribution in [0.15, 0.2) is 18.2 Å². The van der Waals surface area contributed by atoms with Crippen molar-refractivity contribution in [2.45, 2.75) is 6.92 Å². The highest BCUT2D eigenvalue weighted by Crippen LogP contribution is 2.25. The summed E-state index contributed by atoms with van der Waals surface area (Å²) >= 11 is 6.74. The highest BCUT2D eigenvalue weighted by Gasteiger charge is 2.19. The van der Waals surface area contributed by atoms with E-state index in [0.29, 0.717) is 0 Å². The van der Waals surface area contributed by atoms with Crippen LogP contribution in [0.25, 0.3) is 0 Å². The van der Waals surface area contributed by atoms with Crippen molar-refractivity contribution in [3.8, 4) is 0 Å². The van der Waals surface area contributed by atoms with Gasteiger partial charge in [-0.25, -0.2) is 0 Å². The normalized spacial score (nSPS) is 10.3. The number of Topliss-reactive ketones (excluding diaryl/α,β-unsaturated/α-hetero) is 1. The van der Waals surface area contributed by atoms with E-state index in [4.69, 9.17) is 0 Å². The van der Waals surface area contributed by atoms with Crippen molar-refractivity contribution >= 4 is 49.0 Å². The van der Waals surface area contributed by atoms with Crippen molar-refractivity contribution in [2.75, 3.05) is 28.6 Å². The molecule has 1 aromatic carbocycles. The van der Waals surface area contributed by atoms with Crippen LogP contribution in [-0.2, 0) is 0 Å². The summed E-state index contributed by atoms with van der Waals surface area (Å²) in [6.07, 6.45) is 0. The number of benzene rings is 1. The number of ketones is 1. The van der Waals surface area contributed by atoms with E-state index in [1.54, 1.807) is 12.1 Å². The Bertz CT molecular complexity index is 474. The predicted molar refractivity (Wildman–Crippen MR) is 82.9 cm³/mol. The molecule has 5 nitrogen and oxygen atoms in total. The van der Waals surface area contributed by atoms with Gasteiger partial charge in [-0.3, -0.25) is 14.9 Å². The molecular formula is C12H14Br2N2O3. The molecule has 0 bridgehead atoms. The third-order valence-corrected chi connectivity index (χ3v) is 3.34. The number of halogens is 2. The quantitative estimate of drug-likeness (QED) is 0.308. The number of alkyl halides is 2. The van der Waals surface area contributed by atoms with E-state index in [9.17, 15) is 14.9 Å². The fourth-order valence-corrected chi connectivity index (χ4v) is 2.59. The Balaban J connectivity index is 3.19. The van der Waals surface area contributed by atoms with E-state index in [-0.39, 0.29) is 17.0 Å². The minimum absolute atomic E-state index is 0.145.